The molecule has 1 unspecified atom stereocenters. The summed E-state index contributed by atoms with van der Waals surface area (Å²) >= 11 is 0. The lowest BCUT2D eigenvalue weighted by Crippen LogP contribution is -2.10. The van der Waals surface area contributed by atoms with Gasteiger partial charge in [0, 0.05) is 0 Å². The summed E-state index contributed by atoms with van der Waals surface area (Å²) in [7, 11) is -2.93. The molecule has 0 radical (unpaired) electrons. The van der Waals surface area contributed by atoms with Crippen LogP contribution in [0.1, 0.15) is 13.3 Å². The summed E-state index contributed by atoms with van der Waals surface area (Å²) in [4.78, 5) is 25.5. The Hall–Kier alpha value is 0.0700. The first-order chi connectivity index (χ1) is 4.52. The Morgan fingerprint density at radius 3 is 2.20 bits per heavy atom. The van der Waals surface area contributed by atoms with E-state index in [2.05, 4.69) is 9.78 Å². The van der Waals surface area contributed by atoms with Crippen LogP contribution in [0, 0.1) is 0 Å². The van der Waals surface area contributed by atoms with Crippen LogP contribution in [0.3, 0.4) is 0 Å². The van der Waals surface area contributed by atoms with Gasteiger partial charge in [0.2, 0.25) is 0 Å². The molecule has 6 heteroatoms. The maximum absolute atomic E-state index is 10.4. The standard InChI is InChI=1S/C4H11O5P/c1-3-4(9-8-2)10(5,6)7/h4H,3H2,1-2H3,(H2,5,6,7). The van der Waals surface area contributed by atoms with Crippen molar-refractivity contribution in [1.82, 2.24) is 0 Å². The number of hydrogen-bond acceptors (Lipinski definition) is 3. The van der Waals surface area contributed by atoms with E-state index in [4.69, 9.17) is 9.79 Å². The van der Waals surface area contributed by atoms with Crippen molar-refractivity contribution in [3.05, 3.63) is 0 Å². The van der Waals surface area contributed by atoms with Crippen molar-refractivity contribution >= 4 is 7.60 Å². The highest BCUT2D eigenvalue weighted by Crippen LogP contribution is 2.43. The average Bonchev–Trinajstić information content (AvgIpc) is 1.80. The van der Waals surface area contributed by atoms with Crippen LogP contribution in [0.5, 0.6) is 0 Å². The third-order valence-electron chi connectivity index (χ3n) is 0.932. The van der Waals surface area contributed by atoms with E-state index in [0.29, 0.717) is 0 Å². The Bertz CT molecular complexity index is 130. The fraction of sp³-hybridized carbons (Fsp3) is 1.00. The molecule has 62 valence electrons. The van der Waals surface area contributed by atoms with Gasteiger partial charge in [-0.1, -0.05) is 6.92 Å². The summed E-state index contributed by atoms with van der Waals surface area (Å²) in [6.07, 6.45) is 0.220. The maximum Gasteiger partial charge on any atom is 0.357 e. The third kappa shape index (κ3) is 3.29. The van der Waals surface area contributed by atoms with Crippen molar-refractivity contribution < 1.29 is 24.1 Å². The van der Waals surface area contributed by atoms with E-state index in [1.807, 2.05) is 0 Å². The van der Waals surface area contributed by atoms with Gasteiger partial charge in [-0.05, 0) is 6.42 Å². The Labute approximate surface area is 59.0 Å². The highest BCUT2D eigenvalue weighted by atomic mass is 31.2. The van der Waals surface area contributed by atoms with E-state index in [1.54, 1.807) is 6.92 Å². The second-order valence-electron chi connectivity index (χ2n) is 1.71. The first-order valence-corrected chi connectivity index (χ1v) is 4.45. The molecule has 5 nitrogen and oxygen atoms in total. The van der Waals surface area contributed by atoms with Gasteiger partial charge in [-0.3, -0.25) is 4.57 Å². The van der Waals surface area contributed by atoms with Crippen LogP contribution in [-0.4, -0.2) is 22.7 Å². The molecule has 0 bridgehead atoms. The molecule has 0 rings (SSSR count). The molecule has 0 spiro atoms. The average molecular weight is 170 g/mol. The number of rotatable bonds is 4. The van der Waals surface area contributed by atoms with Crippen molar-refractivity contribution in [3.63, 3.8) is 0 Å². The summed E-state index contributed by atoms with van der Waals surface area (Å²) < 4.78 is 10.4. The molecule has 0 aliphatic carbocycles. The second-order valence-corrected chi connectivity index (χ2v) is 3.47. The zero-order valence-electron chi connectivity index (χ0n) is 5.85. The smallest absolute Gasteiger partial charge is 0.323 e. The minimum Gasteiger partial charge on any atom is -0.323 e. The molecule has 10 heavy (non-hydrogen) atoms. The molecule has 0 fully saturated rings. The summed E-state index contributed by atoms with van der Waals surface area (Å²) in [5.74, 6) is -1.14. The van der Waals surface area contributed by atoms with Gasteiger partial charge in [0.15, 0.2) is 5.85 Å². The molecule has 0 aromatic rings. The van der Waals surface area contributed by atoms with Gasteiger partial charge in [0.05, 0.1) is 7.11 Å². The van der Waals surface area contributed by atoms with Gasteiger partial charge in [0.1, 0.15) is 0 Å². The molecule has 2 N–H and O–H groups in total. The fourth-order valence-electron chi connectivity index (χ4n) is 0.473. The largest absolute Gasteiger partial charge is 0.357 e. The molecule has 0 saturated heterocycles. The first-order valence-electron chi connectivity index (χ1n) is 2.77. The number of hydrogen-bond donors (Lipinski definition) is 2. The van der Waals surface area contributed by atoms with E-state index in [0.717, 1.165) is 0 Å². The van der Waals surface area contributed by atoms with Crippen molar-refractivity contribution in [2.45, 2.75) is 19.2 Å². The van der Waals surface area contributed by atoms with Gasteiger partial charge in [0.25, 0.3) is 0 Å². The highest BCUT2D eigenvalue weighted by Gasteiger charge is 2.28. The summed E-state index contributed by atoms with van der Waals surface area (Å²) in [6, 6.07) is 0. The third-order valence-corrected chi connectivity index (χ3v) is 2.13. The van der Waals surface area contributed by atoms with Gasteiger partial charge in [-0.25, -0.2) is 9.78 Å². The van der Waals surface area contributed by atoms with Crippen LogP contribution in [-0.2, 0) is 14.3 Å². The Balaban J connectivity index is 3.94. The van der Waals surface area contributed by atoms with Crippen LogP contribution in [0.25, 0.3) is 0 Å². The quantitative estimate of drug-likeness (QED) is 0.364. The zero-order valence-corrected chi connectivity index (χ0v) is 6.75. The van der Waals surface area contributed by atoms with Gasteiger partial charge in [-0.15, -0.1) is 0 Å². The fourth-order valence-corrected chi connectivity index (χ4v) is 1.15. The minimum atomic E-state index is -4.14. The predicted molar refractivity (Wildman–Crippen MR) is 34.2 cm³/mol. The lowest BCUT2D eigenvalue weighted by atomic mass is 10.5. The van der Waals surface area contributed by atoms with E-state index in [9.17, 15) is 4.57 Å². The van der Waals surface area contributed by atoms with Crippen molar-refractivity contribution in [2.24, 2.45) is 0 Å². The van der Waals surface area contributed by atoms with Gasteiger partial charge < -0.3 is 9.79 Å². The molecular weight excluding hydrogens is 159 g/mol. The Kier molecular flexibility index (Phi) is 4.08. The maximum atomic E-state index is 10.4. The summed E-state index contributed by atoms with van der Waals surface area (Å²) in [6.45, 7) is 1.60. The molecule has 0 aliphatic rings. The zero-order chi connectivity index (χ0) is 8.20. The Morgan fingerprint density at radius 2 is 2.10 bits per heavy atom. The molecule has 1 atom stereocenters. The lowest BCUT2D eigenvalue weighted by molar-refractivity contribution is -0.288. The van der Waals surface area contributed by atoms with Crippen molar-refractivity contribution in [3.8, 4) is 0 Å². The van der Waals surface area contributed by atoms with E-state index in [1.165, 1.54) is 7.11 Å². The van der Waals surface area contributed by atoms with E-state index < -0.39 is 13.4 Å². The monoisotopic (exact) mass is 170 g/mol. The normalized spacial score (nSPS) is 15.2. The predicted octanol–water partition coefficient (Wildman–Crippen LogP) is 0.478. The molecule has 0 aliphatic heterocycles. The molecule has 0 aromatic carbocycles. The SMILES string of the molecule is CCC(OOC)P(=O)(O)O. The summed E-state index contributed by atoms with van der Waals surface area (Å²) in [5, 5.41) is 0. The van der Waals surface area contributed by atoms with E-state index >= 15 is 0 Å². The highest BCUT2D eigenvalue weighted by molar-refractivity contribution is 7.52. The molecule has 0 aromatic heterocycles. The van der Waals surface area contributed by atoms with Crippen LogP contribution in [0.2, 0.25) is 0 Å². The molecule has 0 heterocycles. The topological polar surface area (TPSA) is 76.0 Å². The van der Waals surface area contributed by atoms with Crippen molar-refractivity contribution in [2.75, 3.05) is 7.11 Å². The van der Waals surface area contributed by atoms with Gasteiger partial charge in [-0.2, -0.15) is 0 Å². The molecular formula is C4H11O5P. The summed E-state index contributed by atoms with van der Waals surface area (Å²) in [5.41, 5.74) is 0. The van der Waals surface area contributed by atoms with Crippen molar-refractivity contribution in [1.29, 1.82) is 0 Å². The molecule has 0 saturated carbocycles. The lowest BCUT2D eigenvalue weighted by Gasteiger charge is -2.13. The minimum absolute atomic E-state index is 0.220. The second kappa shape index (κ2) is 4.05. The van der Waals surface area contributed by atoms with Crippen LogP contribution in [0.15, 0.2) is 0 Å². The van der Waals surface area contributed by atoms with Gasteiger partial charge >= 0.3 is 7.60 Å². The first kappa shape index (κ1) is 10.1. The van der Waals surface area contributed by atoms with Crippen LogP contribution in [0.4, 0.5) is 0 Å². The molecule has 0 amide bonds. The van der Waals surface area contributed by atoms with E-state index in [-0.39, 0.29) is 6.42 Å². The van der Waals surface area contributed by atoms with Crippen LogP contribution >= 0.6 is 7.60 Å². The van der Waals surface area contributed by atoms with Crippen LogP contribution < -0.4 is 0 Å². The Morgan fingerprint density at radius 1 is 1.60 bits per heavy atom.